The van der Waals surface area contributed by atoms with Gasteiger partial charge in [0.1, 0.15) is 5.82 Å². The van der Waals surface area contributed by atoms with Crippen molar-refractivity contribution >= 4 is 16.6 Å². The summed E-state index contributed by atoms with van der Waals surface area (Å²) in [6.07, 6.45) is 1.80. The van der Waals surface area contributed by atoms with Crippen molar-refractivity contribution < 1.29 is 4.39 Å². The Hall–Kier alpha value is -2.42. The maximum Gasteiger partial charge on any atom is 0.123 e. The van der Waals surface area contributed by atoms with Gasteiger partial charge in [-0.15, -0.1) is 0 Å². The largest absolute Gasteiger partial charge is 0.380 e. The van der Waals surface area contributed by atoms with Gasteiger partial charge in [-0.3, -0.25) is 4.98 Å². The molecule has 2 aromatic carbocycles. The first-order chi connectivity index (χ1) is 9.74. The molecular formula is C17H15FN2. The van der Waals surface area contributed by atoms with E-state index in [0.29, 0.717) is 6.54 Å². The van der Waals surface area contributed by atoms with Crippen LogP contribution in [0.3, 0.4) is 0 Å². The minimum atomic E-state index is -0.209. The number of hydrogen-bond donors (Lipinski definition) is 1. The highest BCUT2D eigenvalue weighted by atomic mass is 19.1. The van der Waals surface area contributed by atoms with E-state index in [1.807, 2.05) is 37.3 Å². The summed E-state index contributed by atoms with van der Waals surface area (Å²) in [4.78, 5) is 4.41. The van der Waals surface area contributed by atoms with Crippen molar-refractivity contribution in [1.82, 2.24) is 4.98 Å². The van der Waals surface area contributed by atoms with Crippen molar-refractivity contribution in [3.8, 4) is 0 Å². The quantitative estimate of drug-likeness (QED) is 0.764. The molecule has 0 bridgehead atoms. The summed E-state index contributed by atoms with van der Waals surface area (Å²) in [6.45, 7) is 2.64. The van der Waals surface area contributed by atoms with Gasteiger partial charge < -0.3 is 5.32 Å². The third kappa shape index (κ3) is 2.48. The number of pyridine rings is 1. The summed E-state index contributed by atoms with van der Waals surface area (Å²) in [5, 5.41) is 4.44. The molecule has 0 spiro atoms. The molecule has 1 aromatic heterocycles. The number of nitrogens with one attached hydrogen (secondary N) is 1. The van der Waals surface area contributed by atoms with Gasteiger partial charge in [-0.05, 0) is 48.4 Å². The van der Waals surface area contributed by atoms with Crippen LogP contribution in [0.25, 0.3) is 10.9 Å². The van der Waals surface area contributed by atoms with Crippen LogP contribution in [-0.4, -0.2) is 4.98 Å². The number of rotatable bonds is 3. The Bertz CT molecular complexity index is 753. The van der Waals surface area contributed by atoms with Crippen molar-refractivity contribution in [3.63, 3.8) is 0 Å². The van der Waals surface area contributed by atoms with Gasteiger partial charge in [-0.1, -0.05) is 18.2 Å². The molecule has 1 heterocycles. The molecule has 2 nitrogen and oxygen atoms in total. The molecule has 1 N–H and O–H groups in total. The Balaban J connectivity index is 1.90. The van der Waals surface area contributed by atoms with E-state index in [4.69, 9.17) is 0 Å². The summed E-state index contributed by atoms with van der Waals surface area (Å²) < 4.78 is 13.2. The highest BCUT2D eigenvalue weighted by Gasteiger charge is 2.04. The van der Waals surface area contributed by atoms with Crippen molar-refractivity contribution in [3.05, 3.63) is 71.7 Å². The number of benzene rings is 2. The fourth-order valence-corrected chi connectivity index (χ4v) is 2.31. The van der Waals surface area contributed by atoms with Crippen LogP contribution < -0.4 is 5.32 Å². The Morgan fingerprint density at radius 3 is 2.85 bits per heavy atom. The zero-order valence-electron chi connectivity index (χ0n) is 11.2. The summed E-state index contributed by atoms with van der Waals surface area (Å²) in [6, 6.07) is 14.7. The second-order valence-corrected chi connectivity index (χ2v) is 4.81. The predicted octanol–water partition coefficient (Wildman–Crippen LogP) is 4.29. The first kappa shape index (κ1) is 12.6. The monoisotopic (exact) mass is 266 g/mol. The molecule has 0 saturated heterocycles. The van der Waals surface area contributed by atoms with E-state index < -0.39 is 0 Å². The number of nitrogens with zero attached hydrogens (tertiary/aromatic N) is 1. The summed E-state index contributed by atoms with van der Waals surface area (Å²) in [7, 11) is 0. The zero-order valence-corrected chi connectivity index (χ0v) is 11.2. The Morgan fingerprint density at radius 2 is 2.00 bits per heavy atom. The molecule has 0 aliphatic heterocycles. The number of halogens is 1. The maximum absolute atomic E-state index is 13.2. The molecule has 0 unspecified atom stereocenters. The van der Waals surface area contributed by atoms with E-state index >= 15 is 0 Å². The van der Waals surface area contributed by atoms with E-state index in [0.717, 1.165) is 27.7 Å². The molecule has 0 fully saturated rings. The number of hydrogen-bond acceptors (Lipinski definition) is 2. The average Bonchev–Trinajstić information content (AvgIpc) is 2.47. The number of aromatic nitrogens is 1. The molecule has 0 aliphatic carbocycles. The van der Waals surface area contributed by atoms with Gasteiger partial charge in [0.2, 0.25) is 0 Å². The first-order valence-corrected chi connectivity index (χ1v) is 6.57. The van der Waals surface area contributed by atoms with Gasteiger partial charge in [0.25, 0.3) is 0 Å². The first-order valence-electron chi connectivity index (χ1n) is 6.57. The summed E-state index contributed by atoms with van der Waals surface area (Å²) in [5.74, 6) is -0.209. The fourth-order valence-electron chi connectivity index (χ4n) is 2.31. The molecule has 20 heavy (non-hydrogen) atoms. The standard InChI is InChI=1S/C17H15FN2/c1-12-7-8-16(15-6-3-9-19-17(12)15)20-11-13-4-2-5-14(18)10-13/h2-10,20H,11H2,1H3. The highest BCUT2D eigenvalue weighted by molar-refractivity contribution is 5.93. The van der Waals surface area contributed by atoms with Crippen molar-refractivity contribution in [2.24, 2.45) is 0 Å². The van der Waals surface area contributed by atoms with E-state index in [-0.39, 0.29) is 5.82 Å². The third-order valence-corrected chi connectivity index (χ3v) is 3.34. The molecular weight excluding hydrogens is 251 g/mol. The lowest BCUT2D eigenvalue weighted by Gasteiger charge is -2.11. The minimum absolute atomic E-state index is 0.209. The number of fused-ring (bicyclic) bond motifs is 1. The maximum atomic E-state index is 13.2. The third-order valence-electron chi connectivity index (χ3n) is 3.34. The fraction of sp³-hybridized carbons (Fsp3) is 0.118. The van der Waals surface area contributed by atoms with Crippen molar-refractivity contribution in [2.45, 2.75) is 13.5 Å². The second kappa shape index (κ2) is 5.29. The van der Waals surface area contributed by atoms with Crippen LogP contribution in [-0.2, 0) is 6.54 Å². The smallest absolute Gasteiger partial charge is 0.123 e. The molecule has 0 radical (unpaired) electrons. The number of aryl methyl sites for hydroxylation is 1. The second-order valence-electron chi connectivity index (χ2n) is 4.81. The predicted molar refractivity (Wildman–Crippen MR) is 80.2 cm³/mol. The lowest BCUT2D eigenvalue weighted by Crippen LogP contribution is -2.01. The van der Waals surface area contributed by atoms with Crippen LogP contribution in [0.1, 0.15) is 11.1 Å². The van der Waals surface area contributed by atoms with Gasteiger partial charge in [0.05, 0.1) is 5.52 Å². The Morgan fingerprint density at radius 1 is 1.10 bits per heavy atom. The minimum Gasteiger partial charge on any atom is -0.380 e. The van der Waals surface area contributed by atoms with Gasteiger partial charge in [-0.2, -0.15) is 0 Å². The topological polar surface area (TPSA) is 24.9 Å². The molecule has 3 rings (SSSR count). The lowest BCUT2D eigenvalue weighted by molar-refractivity contribution is 0.626. The van der Waals surface area contributed by atoms with Crippen LogP contribution in [0, 0.1) is 12.7 Å². The van der Waals surface area contributed by atoms with Crippen LogP contribution in [0.2, 0.25) is 0 Å². The average molecular weight is 266 g/mol. The molecule has 0 amide bonds. The van der Waals surface area contributed by atoms with Crippen LogP contribution in [0.4, 0.5) is 10.1 Å². The van der Waals surface area contributed by atoms with Crippen LogP contribution in [0.15, 0.2) is 54.7 Å². The Kier molecular flexibility index (Phi) is 3.33. The van der Waals surface area contributed by atoms with E-state index in [1.54, 1.807) is 18.3 Å². The SMILES string of the molecule is Cc1ccc(NCc2cccc(F)c2)c2cccnc12. The van der Waals surface area contributed by atoms with E-state index in [2.05, 4.69) is 10.3 Å². The number of anilines is 1. The Labute approximate surface area is 117 Å². The molecule has 100 valence electrons. The van der Waals surface area contributed by atoms with E-state index in [9.17, 15) is 4.39 Å². The molecule has 0 saturated carbocycles. The van der Waals surface area contributed by atoms with E-state index in [1.165, 1.54) is 6.07 Å². The molecule has 3 aromatic rings. The zero-order chi connectivity index (χ0) is 13.9. The lowest BCUT2D eigenvalue weighted by atomic mass is 10.1. The van der Waals surface area contributed by atoms with Gasteiger partial charge in [0.15, 0.2) is 0 Å². The van der Waals surface area contributed by atoms with Gasteiger partial charge in [-0.25, -0.2) is 4.39 Å². The normalized spacial score (nSPS) is 10.7. The molecule has 0 aliphatic rings. The summed E-state index contributed by atoms with van der Waals surface area (Å²) >= 11 is 0. The van der Waals surface area contributed by atoms with Crippen LogP contribution >= 0.6 is 0 Å². The van der Waals surface area contributed by atoms with Crippen LogP contribution in [0.5, 0.6) is 0 Å². The molecule has 3 heteroatoms. The van der Waals surface area contributed by atoms with Gasteiger partial charge >= 0.3 is 0 Å². The highest BCUT2D eigenvalue weighted by Crippen LogP contribution is 2.24. The summed E-state index contributed by atoms with van der Waals surface area (Å²) in [5.41, 5.74) is 4.08. The van der Waals surface area contributed by atoms with Gasteiger partial charge in [0, 0.05) is 23.8 Å². The van der Waals surface area contributed by atoms with Crippen molar-refractivity contribution in [2.75, 3.05) is 5.32 Å². The van der Waals surface area contributed by atoms with Crippen molar-refractivity contribution in [1.29, 1.82) is 0 Å². The molecule has 0 atom stereocenters.